The molecule has 0 amide bonds. The van der Waals surface area contributed by atoms with E-state index >= 15 is 0 Å². The van der Waals surface area contributed by atoms with E-state index in [4.69, 9.17) is 16.4 Å². The Morgan fingerprint density at radius 3 is 2.43 bits per heavy atom. The van der Waals surface area contributed by atoms with Crippen LogP contribution in [0.25, 0.3) is 5.70 Å². The van der Waals surface area contributed by atoms with Gasteiger partial charge < -0.3 is 5.32 Å². The van der Waals surface area contributed by atoms with Crippen molar-refractivity contribution in [1.82, 2.24) is 10.8 Å². The van der Waals surface area contributed by atoms with Gasteiger partial charge in [-0.15, -0.1) is 0 Å². The minimum atomic E-state index is -0.109. The monoisotopic (exact) mass is 325 g/mol. The summed E-state index contributed by atoms with van der Waals surface area (Å²) in [6.45, 7) is 1.76. The highest BCUT2D eigenvalue weighted by molar-refractivity contribution is 6.30. The molecule has 0 bridgehead atoms. The average molecular weight is 326 g/mol. The highest BCUT2D eigenvalue weighted by Crippen LogP contribution is 2.29. The summed E-state index contributed by atoms with van der Waals surface area (Å²) in [6, 6.07) is 16.0. The molecule has 0 spiro atoms. The molecule has 2 aliphatic rings. The molecule has 0 fully saturated rings. The topological polar surface area (TPSA) is 45.7 Å². The summed E-state index contributed by atoms with van der Waals surface area (Å²) in [6.07, 6.45) is 1.96. The molecule has 0 radical (unpaired) electrons. The number of aliphatic imine (C=N–C) groups is 1. The summed E-state index contributed by atoms with van der Waals surface area (Å²) in [5.41, 5.74) is 7.24. The first-order chi connectivity index (χ1) is 11.3. The maximum Gasteiger partial charge on any atom is 0.131 e. The Labute approximate surface area is 139 Å². The fourth-order valence-corrected chi connectivity index (χ4v) is 2.84. The Bertz CT molecular complexity index is 766. The zero-order valence-corrected chi connectivity index (χ0v) is 13.2. The Morgan fingerprint density at radius 1 is 1.00 bits per heavy atom. The van der Waals surface area contributed by atoms with E-state index in [1.54, 1.807) is 0 Å². The third kappa shape index (κ3) is 2.96. The van der Waals surface area contributed by atoms with E-state index in [-0.39, 0.29) is 6.10 Å². The van der Waals surface area contributed by atoms with Crippen molar-refractivity contribution in [3.63, 3.8) is 0 Å². The van der Waals surface area contributed by atoms with Gasteiger partial charge in [-0.3, -0.25) is 15.3 Å². The second-order valence-electron chi connectivity index (χ2n) is 5.51. The molecule has 0 aliphatic carbocycles. The zero-order valence-electron chi connectivity index (χ0n) is 12.4. The van der Waals surface area contributed by atoms with E-state index in [1.165, 1.54) is 0 Å². The number of hydrogen-bond donors (Lipinski definition) is 2. The van der Waals surface area contributed by atoms with Gasteiger partial charge >= 0.3 is 0 Å². The molecule has 2 aliphatic heterocycles. The van der Waals surface area contributed by atoms with Crippen LogP contribution >= 0.6 is 11.6 Å². The zero-order chi connectivity index (χ0) is 15.6. The number of benzene rings is 2. The predicted octanol–water partition coefficient (Wildman–Crippen LogP) is 3.31. The first-order valence-electron chi connectivity index (χ1n) is 7.58. The SMILES string of the molecule is Clc1ccc(C2C=C(c3ccc(C4=NCCN4)cc3)NO2)cc1. The van der Waals surface area contributed by atoms with Crippen molar-refractivity contribution in [1.29, 1.82) is 0 Å². The summed E-state index contributed by atoms with van der Waals surface area (Å²) in [4.78, 5) is 10.1. The lowest BCUT2D eigenvalue weighted by Gasteiger charge is -2.07. The molecule has 5 heteroatoms. The van der Waals surface area contributed by atoms with Crippen molar-refractivity contribution < 1.29 is 4.84 Å². The van der Waals surface area contributed by atoms with Crippen LogP contribution < -0.4 is 10.8 Å². The van der Waals surface area contributed by atoms with E-state index in [9.17, 15) is 0 Å². The van der Waals surface area contributed by atoms with Crippen molar-refractivity contribution in [2.24, 2.45) is 4.99 Å². The van der Waals surface area contributed by atoms with Gasteiger partial charge in [0.15, 0.2) is 0 Å². The third-order valence-corrected chi connectivity index (χ3v) is 4.21. The summed E-state index contributed by atoms with van der Waals surface area (Å²) in [5.74, 6) is 0.972. The van der Waals surface area contributed by atoms with Crippen molar-refractivity contribution in [3.05, 3.63) is 76.3 Å². The van der Waals surface area contributed by atoms with Crippen molar-refractivity contribution in [3.8, 4) is 0 Å². The van der Waals surface area contributed by atoms with Crippen molar-refractivity contribution in [2.45, 2.75) is 6.10 Å². The number of nitrogens with zero attached hydrogens (tertiary/aromatic N) is 1. The number of rotatable bonds is 3. The van der Waals surface area contributed by atoms with Gasteiger partial charge in [0.25, 0.3) is 0 Å². The van der Waals surface area contributed by atoms with Crippen LogP contribution in [0.1, 0.15) is 22.8 Å². The number of nitrogens with one attached hydrogen (secondary N) is 2. The van der Waals surface area contributed by atoms with Crippen LogP contribution in [0.3, 0.4) is 0 Å². The standard InChI is InChI=1S/C18H16ClN3O/c19-15-7-5-13(6-8-15)17-11-16(22-23-17)12-1-3-14(4-2-12)18-20-9-10-21-18/h1-8,11,17,22H,9-10H2,(H,20,21). The van der Waals surface area contributed by atoms with Crippen LogP contribution in [0.2, 0.25) is 5.02 Å². The van der Waals surface area contributed by atoms with Gasteiger partial charge in [0.1, 0.15) is 11.9 Å². The highest BCUT2D eigenvalue weighted by atomic mass is 35.5. The molecule has 0 aromatic heterocycles. The number of halogens is 1. The molecule has 0 saturated heterocycles. The lowest BCUT2D eigenvalue weighted by atomic mass is 10.1. The third-order valence-electron chi connectivity index (χ3n) is 3.96. The maximum absolute atomic E-state index is 5.92. The normalized spacial score (nSPS) is 19.8. The quantitative estimate of drug-likeness (QED) is 0.910. The van der Waals surface area contributed by atoms with E-state index in [0.29, 0.717) is 0 Å². The van der Waals surface area contributed by atoms with Crippen molar-refractivity contribution in [2.75, 3.05) is 13.1 Å². The number of amidine groups is 1. The van der Waals surface area contributed by atoms with Gasteiger partial charge in [-0.2, -0.15) is 0 Å². The largest absolute Gasteiger partial charge is 0.368 e. The fourth-order valence-electron chi connectivity index (χ4n) is 2.72. The first-order valence-corrected chi connectivity index (χ1v) is 7.95. The molecule has 4 rings (SSSR count). The fraction of sp³-hybridized carbons (Fsp3) is 0.167. The molecule has 116 valence electrons. The predicted molar refractivity (Wildman–Crippen MR) is 92.2 cm³/mol. The Hall–Kier alpha value is -2.30. The van der Waals surface area contributed by atoms with E-state index in [1.807, 2.05) is 24.3 Å². The minimum Gasteiger partial charge on any atom is -0.368 e. The molecule has 0 saturated carbocycles. The molecule has 2 N–H and O–H groups in total. The van der Waals surface area contributed by atoms with Crippen LogP contribution in [0, 0.1) is 0 Å². The maximum atomic E-state index is 5.92. The van der Waals surface area contributed by atoms with Gasteiger partial charge in [-0.1, -0.05) is 48.0 Å². The van der Waals surface area contributed by atoms with Gasteiger partial charge in [0, 0.05) is 17.1 Å². The Balaban J connectivity index is 1.54. The smallest absolute Gasteiger partial charge is 0.131 e. The molecule has 2 heterocycles. The van der Waals surface area contributed by atoms with Crippen LogP contribution in [-0.4, -0.2) is 18.9 Å². The Kier molecular flexibility index (Phi) is 3.77. The number of hydrogen-bond acceptors (Lipinski definition) is 4. The van der Waals surface area contributed by atoms with Gasteiger partial charge in [0.2, 0.25) is 0 Å². The van der Waals surface area contributed by atoms with Gasteiger partial charge in [-0.05, 0) is 29.3 Å². The van der Waals surface area contributed by atoms with E-state index in [0.717, 1.165) is 46.3 Å². The first kappa shape index (κ1) is 14.3. The van der Waals surface area contributed by atoms with Crippen LogP contribution in [0.4, 0.5) is 0 Å². The lowest BCUT2D eigenvalue weighted by molar-refractivity contribution is 0.0511. The molecule has 1 unspecified atom stereocenters. The van der Waals surface area contributed by atoms with Crippen LogP contribution in [0.15, 0.2) is 59.6 Å². The molecule has 4 nitrogen and oxygen atoms in total. The minimum absolute atomic E-state index is 0.109. The molecule has 2 aromatic carbocycles. The second-order valence-corrected chi connectivity index (χ2v) is 5.94. The van der Waals surface area contributed by atoms with Crippen LogP contribution in [0.5, 0.6) is 0 Å². The lowest BCUT2D eigenvalue weighted by Crippen LogP contribution is -2.19. The molecule has 1 atom stereocenters. The second kappa shape index (κ2) is 6.07. The van der Waals surface area contributed by atoms with E-state index in [2.05, 4.69) is 46.1 Å². The van der Waals surface area contributed by atoms with E-state index < -0.39 is 0 Å². The van der Waals surface area contributed by atoms with Crippen LogP contribution in [-0.2, 0) is 4.84 Å². The van der Waals surface area contributed by atoms with Gasteiger partial charge in [0.05, 0.1) is 12.2 Å². The average Bonchev–Trinajstić information content (AvgIpc) is 3.28. The highest BCUT2D eigenvalue weighted by Gasteiger charge is 2.19. The summed E-state index contributed by atoms with van der Waals surface area (Å²) in [7, 11) is 0. The summed E-state index contributed by atoms with van der Waals surface area (Å²) >= 11 is 5.92. The van der Waals surface area contributed by atoms with Gasteiger partial charge in [-0.25, -0.2) is 0 Å². The molecule has 23 heavy (non-hydrogen) atoms. The molecule has 2 aromatic rings. The number of hydroxylamine groups is 1. The summed E-state index contributed by atoms with van der Waals surface area (Å²) in [5, 5.41) is 4.00. The van der Waals surface area contributed by atoms with Crippen molar-refractivity contribution >= 4 is 23.1 Å². The Morgan fingerprint density at radius 2 is 1.74 bits per heavy atom. The molecular weight excluding hydrogens is 310 g/mol. The summed E-state index contributed by atoms with van der Waals surface area (Å²) < 4.78 is 0. The molecular formula is C18H16ClN3O.